The van der Waals surface area contributed by atoms with E-state index in [2.05, 4.69) is 15.6 Å². The van der Waals surface area contributed by atoms with Crippen molar-refractivity contribution in [2.24, 2.45) is 0 Å². The molecule has 2 aliphatic heterocycles. The number of thiocarbonyl (C=S) groups is 1. The zero-order valence-electron chi connectivity index (χ0n) is 14.7. The fraction of sp³-hybridized carbons (Fsp3) is 0.333. The molecule has 7 nitrogen and oxygen atoms in total. The SMILES string of the molecule is Cc1cccn2c(=O)c(/C=C3/SC(=S)NC3=O)c(NC[C@H]3CCCO3)nc12. The van der Waals surface area contributed by atoms with Crippen molar-refractivity contribution in [2.45, 2.75) is 25.9 Å². The molecule has 2 aromatic heterocycles. The van der Waals surface area contributed by atoms with Gasteiger partial charge in [-0.3, -0.25) is 14.0 Å². The monoisotopic (exact) mass is 402 g/mol. The van der Waals surface area contributed by atoms with Crippen LogP contribution in [0.15, 0.2) is 28.0 Å². The van der Waals surface area contributed by atoms with Gasteiger partial charge in [-0.2, -0.15) is 0 Å². The molecule has 2 aliphatic rings. The van der Waals surface area contributed by atoms with E-state index in [9.17, 15) is 9.59 Å². The molecule has 2 fully saturated rings. The van der Waals surface area contributed by atoms with Crippen molar-refractivity contribution >= 4 is 51.7 Å². The maximum atomic E-state index is 13.1. The second-order valence-corrected chi connectivity index (χ2v) is 8.15. The molecule has 0 radical (unpaired) electrons. The molecule has 2 saturated heterocycles. The number of hydrogen-bond acceptors (Lipinski definition) is 7. The molecule has 1 amide bonds. The molecule has 0 spiro atoms. The number of ether oxygens (including phenoxy) is 1. The molecule has 0 unspecified atom stereocenters. The number of aryl methyl sites for hydroxylation is 1. The summed E-state index contributed by atoms with van der Waals surface area (Å²) >= 11 is 6.17. The Morgan fingerprint density at radius 2 is 2.37 bits per heavy atom. The van der Waals surface area contributed by atoms with E-state index in [1.54, 1.807) is 18.3 Å². The smallest absolute Gasteiger partial charge is 0.267 e. The molecule has 4 rings (SSSR count). The molecule has 0 aromatic carbocycles. The number of nitrogens with zero attached hydrogens (tertiary/aromatic N) is 2. The summed E-state index contributed by atoms with van der Waals surface area (Å²) in [5.74, 6) is 0.146. The van der Waals surface area contributed by atoms with Gasteiger partial charge in [0.25, 0.3) is 11.5 Å². The highest BCUT2D eigenvalue weighted by molar-refractivity contribution is 8.26. The lowest BCUT2D eigenvalue weighted by Gasteiger charge is -2.15. The second-order valence-electron chi connectivity index (χ2n) is 6.43. The van der Waals surface area contributed by atoms with Crippen LogP contribution in [-0.4, -0.2) is 38.9 Å². The van der Waals surface area contributed by atoms with Crippen LogP contribution in [0.25, 0.3) is 11.7 Å². The highest BCUT2D eigenvalue weighted by atomic mass is 32.2. The van der Waals surface area contributed by atoms with E-state index in [0.717, 1.165) is 36.8 Å². The zero-order valence-corrected chi connectivity index (χ0v) is 16.3. The highest BCUT2D eigenvalue weighted by Gasteiger charge is 2.24. The highest BCUT2D eigenvalue weighted by Crippen LogP contribution is 2.27. The lowest BCUT2D eigenvalue weighted by atomic mass is 10.2. The molecule has 0 saturated carbocycles. The average Bonchev–Trinajstić information content (AvgIpc) is 3.26. The van der Waals surface area contributed by atoms with Crippen molar-refractivity contribution in [1.29, 1.82) is 0 Å². The van der Waals surface area contributed by atoms with Crippen LogP contribution in [0, 0.1) is 6.92 Å². The van der Waals surface area contributed by atoms with Gasteiger partial charge in [-0.25, -0.2) is 4.98 Å². The van der Waals surface area contributed by atoms with Gasteiger partial charge in [0.15, 0.2) is 0 Å². The van der Waals surface area contributed by atoms with E-state index in [4.69, 9.17) is 17.0 Å². The third-order valence-electron chi connectivity index (χ3n) is 4.52. The molecule has 2 aromatic rings. The van der Waals surface area contributed by atoms with Crippen LogP contribution in [0.5, 0.6) is 0 Å². The van der Waals surface area contributed by atoms with Crippen LogP contribution in [0.4, 0.5) is 5.82 Å². The largest absolute Gasteiger partial charge is 0.376 e. The minimum atomic E-state index is -0.302. The Hall–Kier alpha value is -2.23. The van der Waals surface area contributed by atoms with Crippen LogP contribution in [0.2, 0.25) is 0 Å². The van der Waals surface area contributed by atoms with Crippen LogP contribution in [-0.2, 0) is 9.53 Å². The van der Waals surface area contributed by atoms with Crippen molar-refractivity contribution in [3.05, 3.63) is 44.7 Å². The molecule has 9 heteroatoms. The molecule has 0 bridgehead atoms. The van der Waals surface area contributed by atoms with Gasteiger partial charge in [0.2, 0.25) is 0 Å². The van der Waals surface area contributed by atoms with Crippen LogP contribution >= 0.6 is 24.0 Å². The number of rotatable bonds is 4. The number of carbonyl (C=O) groups excluding carboxylic acids is 1. The quantitative estimate of drug-likeness (QED) is 0.598. The number of carbonyl (C=O) groups is 1. The molecule has 27 heavy (non-hydrogen) atoms. The first kappa shape index (κ1) is 18.1. The van der Waals surface area contributed by atoms with Gasteiger partial charge in [-0.1, -0.05) is 30.0 Å². The van der Waals surface area contributed by atoms with E-state index in [1.165, 1.54) is 4.40 Å². The molecule has 140 valence electrons. The first-order valence-electron chi connectivity index (χ1n) is 8.65. The first-order valence-corrected chi connectivity index (χ1v) is 9.88. The van der Waals surface area contributed by atoms with E-state index in [1.807, 2.05) is 13.0 Å². The fourth-order valence-corrected chi connectivity index (χ4v) is 4.17. The third-order valence-corrected chi connectivity index (χ3v) is 5.69. The van der Waals surface area contributed by atoms with E-state index in [0.29, 0.717) is 32.8 Å². The van der Waals surface area contributed by atoms with Crippen LogP contribution in [0.3, 0.4) is 0 Å². The number of aromatic nitrogens is 2. The Morgan fingerprint density at radius 1 is 1.52 bits per heavy atom. The minimum absolute atomic E-state index is 0.0966. The summed E-state index contributed by atoms with van der Waals surface area (Å²) in [6.45, 7) is 3.22. The van der Waals surface area contributed by atoms with Crippen molar-refractivity contribution < 1.29 is 9.53 Å². The van der Waals surface area contributed by atoms with Crippen molar-refractivity contribution in [1.82, 2.24) is 14.7 Å². The second kappa shape index (κ2) is 7.41. The van der Waals surface area contributed by atoms with Gasteiger partial charge >= 0.3 is 0 Å². The predicted octanol–water partition coefficient (Wildman–Crippen LogP) is 2.08. The summed E-state index contributed by atoms with van der Waals surface area (Å²) in [5, 5.41) is 5.81. The Morgan fingerprint density at radius 3 is 3.07 bits per heavy atom. The van der Waals surface area contributed by atoms with E-state index in [-0.39, 0.29) is 17.6 Å². The number of hydrogen-bond donors (Lipinski definition) is 2. The normalized spacial score (nSPS) is 21.2. The van der Waals surface area contributed by atoms with Gasteiger partial charge in [-0.05, 0) is 37.5 Å². The van der Waals surface area contributed by atoms with Gasteiger partial charge in [-0.15, -0.1) is 0 Å². The average molecular weight is 403 g/mol. The number of thioether (sulfide) groups is 1. The molecular weight excluding hydrogens is 384 g/mol. The topological polar surface area (TPSA) is 84.7 Å². The lowest BCUT2D eigenvalue weighted by molar-refractivity contribution is -0.115. The standard InChI is InChI=1S/C18H18N4O3S2/c1-10-4-2-6-22-15(10)20-14(19-9-11-5-3-7-25-11)12(17(22)24)8-13-16(23)21-18(26)27-13/h2,4,6,8,11,19H,3,5,7,9H2,1H3,(H,21,23,26)/b13-8+/t11-/m1/s1. The Labute approximate surface area is 165 Å². The van der Waals surface area contributed by atoms with E-state index < -0.39 is 0 Å². The zero-order chi connectivity index (χ0) is 19.0. The number of amides is 1. The molecule has 0 aliphatic carbocycles. The number of pyridine rings is 1. The van der Waals surface area contributed by atoms with Crippen LogP contribution < -0.4 is 16.2 Å². The summed E-state index contributed by atoms with van der Waals surface area (Å²) in [6, 6.07) is 3.70. The predicted molar refractivity (Wildman–Crippen MR) is 110 cm³/mol. The number of fused-ring (bicyclic) bond motifs is 1. The summed E-state index contributed by atoms with van der Waals surface area (Å²) in [6.07, 6.45) is 5.34. The van der Waals surface area contributed by atoms with E-state index >= 15 is 0 Å². The molecule has 4 heterocycles. The van der Waals surface area contributed by atoms with Crippen molar-refractivity contribution in [3.63, 3.8) is 0 Å². The van der Waals surface area contributed by atoms with Crippen molar-refractivity contribution in [3.8, 4) is 0 Å². The van der Waals surface area contributed by atoms with Gasteiger partial charge in [0, 0.05) is 19.3 Å². The number of anilines is 1. The Bertz CT molecular complexity index is 1030. The van der Waals surface area contributed by atoms with Crippen molar-refractivity contribution in [2.75, 3.05) is 18.5 Å². The Kier molecular flexibility index (Phi) is 4.98. The molecule has 1 atom stereocenters. The Balaban J connectivity index is 1.81. The van der Waals surface area contributed by atoms with Gasteiger partial charge < -0.3 is 15.4 Å². The maximum absolute atomic E-state index is 13.1. The van der Waals surface area contributed by atoms with Gasteiger partial charge in [0.05, 0.1) is 16.6 Å². The van der Waals surface area contributed by atoms with Gasteiger partial charge in [0.1, 0.15) is 15.8 Å². The molecular formula is C18H18N4O3S2. The molecule has 2 N–H and O–H groups in total. The summed E-state index contributed by atoms with van der Waals surface area (Å²) in [5.41, 5.74) is 1.57. The summed E-state index contributed by atoms with van der Waals surface area (Å²) in [4.78, 5) is 30.2. The van der Waals surface area contributed by atoms with Crippen LogP contribution in [0.1, 0.15) is 24.0 Å². The summed E-state index contributed by atoms with van der Waals surface area (Å²) < 4.78 is 7.52. The third kappa shape index (κ3) is 3.62. The first-order chi connectivity index (χ1) is 13.0. The number of nitrogens with one attached hydrogen (secondary N) is 2. The minimum Gasteiger partial charge on any atom is -0.376 e. The maximum Gasteiger partial charge on any atom is 0.267 e. The summed E-state index contributed by atoms with van der Waals surface area (Å²) in [7, 11) is 0. The fourth-order valence-electron chi connectivity index (χ4n) is 3.14. The lowest BCUT2D eigenvalue weighted by Crippen LogP contribution is -2.25.